The summed E-state index contributed by atoms with van der Waals surface area (Å²) >= 11 is 0. The molecule has 12 heteroatoms. The number of aromatic nitrogens is 3. The van der Waals surface area contributed by atoms with Crippen molar-refractivity contribution >= 4 is 34.5 Å². The summed E-state index contributed by atoms with van der Waals surface area (Å²) in [5.74, 6) is -0.957. The van der Waals surface area contributed by atoms with Crippen molar-refractivity contribution < 1.29 is 28.9 Å². The van der Waals surface area contributed by atoms with E-state index >= 15 is 0 Å². The van der Waals surface area contributed by atoms with Crippen LogP contribution in [0.1, 0.15) is 41.5 Å². The van der Waals surface area contributed by atoms with Gasteiger partial charge in [0, 0.05) is 20.8 Å². The van der Waals surface area contributed by atoms with Crippen molar-refractivity contribution in [3.63, 3.8) is 0 Å². The molecule has 1 aromatic rings. The van der Waals surface area contributed by atoms with E-state index in [1.54, 1.807) is 0 Å². The fraction of sp³-hybridized carbons (Fsp3) is 0.400. The number of nitrogens with zero attached hydrogens (tertiary/aromatic N) is 6. The molecule has 0 aliphatic carbocycles. The van der Waals surface area contributed by atoms with Gasteiger partial charge in [-0.05, 0) is 20.8 Å². The first kappa shape index (κ1) is 21.5. The zero-order valence-corrected chi connectivity index (χ0v) is 15.6. The number of oxime groups is 3. The van der Waals surface area contributed by atoms with Crippen LogP contribution in [-0.4, -0.2) is 49.4 Å². The molecular weight excluding hydrogens is 360 g/mol. The first-order chi connectivity index (χ1) is 12.6. The van der Waals surface area contributed by atoms with Gasteiger partial charge in [-0.3, -0.25) is 14.4 Å². The highest BCUT2D eigenvalue weighted by Crippen LogP contribution is 2.15. The van der Waals surface area contributed by atoms with Crippen LogP contribution in [0.2, 0.25) is 0 Å². The summed E-state index contributed by atoms with van der Waals surface area (Å²) in [6.07, 6.45) is 0. The molecule has 0 fully saturated rings. The van der Waals surface area contributed by atoms with Crippen LogP contribution in [0.4, 0.5) is 0 Å². The molecule has 144 valence electrons. The van der Waals surface area contributed by atoms with E-state index in [1.165, 1.54) is 41.5 Å². The maximum atomic E-state index is 11.2. The molecule has 27 heavy (non-hydrogen) atoms. The first-order valence-electron chi connectivity index (χ1n) is 7.53. The smallest absolute Gasteiger partial charge is 0.314 e. The quantitative estimate of drug-likeness (QED) is 0.450. The maximum Gasteiger partial charge on any atom is 0.355 e. The van der Waals surface area contributed by atoms with Gasteiger partial charge in [0.2, 0.25) is 0 Å². The Morgan fingerprint density at radius 3 is 0.963 bits per heavy atom. The predicted molar refractivity (Wildman–Crippen MR) is 93.1 cm³/mol. The molecule has 0 aliphatic rings. The van der Waals surface area contributed by atoms with Gasteiger partial charge < -0.3 is 14.5 Å². The fourth-order valence-electron chi connectivity index (χ4n) is 0.964. The molecule has 1 heterocycles. The van der Waals surface area contributed by atoms with Crippen LogP contribution in [0.15, 0.2) is 15.5 Å². The van der Waals surface area contributed by atoms with Gasteiger partial charge in [0.1, 0.15) is 17.1 Å². The Bertz CT molecular complexity index is 723. The Kier molecular flexibility index (Phi) is 7.79. The van der Waals surface area contributed by atoms with E-state index in [1.807, 2.05) is 0 Å². The third kappa shape index (κ3) is 7.46. The number of carbonyl (C=O) groups excluding carboxylic acids is 3. The van der Waals surface area contributed by atoms with Crippen LogP contribution in [-0.2, 0) is 14.4 Å². The van der Waals surface area contributed by atoms with Crippen molar-refractivity contribution in [1.82, 2.24) is 15.0 Å². The van der Waals surface area contributed by atoms with E-state index in [0.717, 1.165) is 0 Å². The molecule has 0 unspecified atom stereocenters. The zero-order valence-electron chi connectivity index (χ0n) is 15.6. The van der Waals surface area contributed by atoms with E-state index in [-0.39, 0.29) is 52.5 Å². The topological polar surface area (TPSA) is 155 Å². The Morgan fingerprint density at radius 2 is 0.778 bits per heavy atom. The van der Waals surface area contributed by atoms with Crippen molar-refractivity contribution in [3.05, 3.63) is 0 Å². The lowest BCUT2D eigenvalue weighted by molar-refractivity contribution is -0.112. The predicted octanol–water partition coefficient (Wildman–Crippen LogP) is 0.903. The third-order valence-corrected chi connectivity index (χ3v) is 2.90. The Hall–Kier alpha value is -3.57. The summed E-state index contributed by atoms with van der Waals surface area (Å²) in [4.78, 5) is 59.6. The highest BCUT2D eigenvalue weighted by molar-refractivity contribution is 6.38. The minimum atomic E-state index is -0.387. The van der Waals surface area contributed by atoms with E-state index in [9.17, 15) is 14.4 Å². The van der Waals surface area contributed by atoms with Gasteiger partial charge in [-0.2, -0.15) is 0 Å². The summed E-state index contributed by atoms with van der Waals surface area (Å²) < 4.78 is 0. The molecule has 0 spiro atoms. The second kappa shape index (κ2) is 9.79. The van der Waals surface area contributed by atoms with Crippen molar-refractivity contribution in [2.24, 2.45) is 15.5 Å². The Morgan fingerprint density at radius 1 is 0.556 bits per heavy atom. The first-order valence-corrected chi connectivity index (χ1v) is 7.53. The summed E-state index contributed by atoms with van der Waals surface area (Å²) in [5, 5.41) is 10.6. The van der Waals surface area contributed by atoms with Gasteiger partial charge in [-0.25, -0.2) is 0 Å². The second-order valence-corrected chi connectivity index (χ2v) is 5.16. The molecule has 0 saturated carbocycles. The molecular formula is C15H18N6O6. The SMILES string of the molecule is CC(=O)/C(C)=N\Oc1nc(O/N=C(/C)C(C)=O)nc(O/N=C(/C)C(C)=O)n1. The van der Waals surface area contributed by atoms with Crippen LogP contribution in [0.5, 0.6) is 18.0 Å². The van der Waals surface area contributed by atoms with E-state index < -0.39 is 0 Å². The van der Waals surface area contributed by atoms with Crippen molar-refractivity contribution in [3.8, 4) is 18.0 Å². The average molecular weight is 378 g/mol. The van der Waals surface area contributed by atoms with Gasteiger partial charge >= 0.3 is 18.0 Å². The normalized spacial score (nSPS) is 12.4. The number of hydrogen-bond acceptors (Lipinski definition) is 12. The average Bonchev–Trinajstić information content (AvgIpc) is 2.61. The number of rotatable bonds is 9. The summed E-state index contributed by atoms with van der Waals surface area (Å²) in [6, 6.07) is -1.16. The maximum absolute atomic E-state index is 11.2. The largest absolute Gasteiger partial charge is 0.355 e. The third-order valence-electron chi connectivity index (χ3n) is 2.90. The zero-order chi connectivity index (χ0) is 20.6. The van der Waals surface area contributed by atoms with Gasteiger partial charge in [-0.1, -0.05) is 15.5 Å². The number of carbonyl (C=O) groups is 3. The number of hydrogen-bond donors (Lipinski definition) is 0. The molecule has 1 rings (SSSR count). The molecule has 0 atom stereocenters. The lowest BCUT2D eigenvalue weighted by Crippen LogP contribution is -2.10. The summed E-state index contributed by atoms with van der Waals surface area (Å²) in [7, 11) is 0. The van der Waals surface area contributed by atoms with Gasteiger partial charge in [0.25, 0.3) is 0 Å². The van der Waals surface area contributed by atoms with Crippen molar-refractivity contribution in [1.29, 1.82) is 0 Å². The minimum absolute atomic E-state index is 0.0660. The van der Waals surface area contributed by atoms with Crippen molar-refractivity contribution in [2.75, 3.05) is 0 Å². The molecule has 0 radical (unpaired) electrons. The monoisotopic (exact) mass is 378 g/mol. The standard InChI is InChI=1S/C15H18N6O6/c1-7(10(4)22)19-25-13-16-14(26-20-8(2)11(5)23)18-15(17-13)27-21-9(3)12(6)24/h1-6H3/b19-7-,20-8-,21-9-. The van der Waals surface area contributed by atoms with E-state index in [4.69, 9.17) is 14.5 Å². The Balaban J connectivity index is 3.17. The van der Waals surface area contributed by atoms with E-state index in [2.05, 4.69) is 30.4 Å². The lowest BCUT2D eigenvalue weighted by Gasteiger charge is -2.03. The highest BCUT2D eigenvalue weighted by atomic mass is 16.7. The summed E-state index contributed by atoms with van der Waals surface area (Å²) in [5.41, 5.74) is 0.198. The number of ketones is 3. The molecule has 0 saturated heterocycles. The lowest BCUT2D eigenvalue weighted by atomic mass is 10.3. The van der Waals surface area contributed by atoms with Crippen molar-refractivity contribution in [2.45, 2.75) is 41.5 Å². The van der Waals surface area contributed by atoms with Crippen LogP contribution in [0.3, 0.4) is 0 Å². The summed E-state index contributed by atoms with van der Waals surface area (Å²) in [6.45, 7) is 8.20. The Labute approximate surface area is 154 Å². The fourth-order valence-corrected chi connectivity index (χ4v) is 0.964. The minimum Gasteiger partial charge on any atom is -0.314 e. The molecule has 0 bridgehead atoms. The van der Waals surface area contributed by atoms with Gasteiger partial charge in [0.15, 0.2) is 17.3 Å². The molecule has 12 nitrogen and oxygen atoms in total. The molecule has 0 aromatic carbocycles. The second-order valence-electron chi connectivity index (χ2n) is 5.16. The van der Waals surface area contributed by atoms with Crippen LogP contribution in [0.25, 0.3) is 0 Å². The van der Waals surface area contributed by atoms with E-state index in [0.29, 0.717) is 0 Å². The van der Waals surface area contributed by atoms with Crippen LogP contribution >= 0.6 is 0 Å². The number of Topliss-reactive ketones (excluding diaryl/α,β-unsaturated/α-hetero) is 3. The van der Waals surface area contributed by atoms with Crippen LogP contribution in [0, 0.1) is 0 Å². The molecule has 0 N–H and O–H groups in total. The van der Waals surface area contributed by atoms with Gasteiger partial charge in [-0.15, -0.1) is 15.0 Å². The van der Waals surface area contributed by atoms with Gasteiger partial charge in [0.05, 0.1) is 0 Å². The molecule has 0 amide bonds. The molecule has 1 aromatic heterocycles. The van der Waals surface area contributed by atoms with Crippen LogP contribution < -0.4 is 14.5 Å². The highest BCUT2D eigenvalue weighted by Gasteiger charge is 2.13. The molecule has 0 aliphatic heterocycles.